The molecule has 1 aromatic heterocycles. The summed E-state index contributed by atoms with van der Waals surface area (Å²) in [6, 6.07) is 0. The van der Waals surface area contributed by atoms with Crippen molar-refractivity contribution >= 4 is 17.4 Å². The van der Waals surface area contributed by atoms with Gasteiger partial charge in [-0.3, -0.25) is 4.79 Å². The summed E-state index contributed by atoms with van der Waals surface area (Å²) in [6.45, 7) is 3.81. The lowest BCUT2D eigenvalue weighted by atomic mass is 10.2. The molecule has 0 N–H and O–H groups in total. The third-order valence-corrected chi connectivity index (χ3v) is 1.54. The second-order valence-electron chi connectivity index (χ2n) is 2.66. The van der Waals surface area contributed by atoms with Crippen LogP contribution < -0.4 is 0 Å². The maximum absolute atomic E-state index is 10.9. The number of aromatic nitrogens is 2. The van der Waals surface area contributed by atoms with Gasteiger partial charge in [0.25, 0.3) is 5.89 Å². The van der Waals surface area contributed by atoms with E-state index in [0.717, 1.165) is 0 Å². The van der Waals surface area contributed by atoms with Crippen molar-refractivity contribution in [2.45, 2.75) is 19.8 Å². The van der Waals surface area contributed by atoms with Crippen LogP contribution in [-0.2, 0) is 0 Å². The van der Waals surface area contributed by atoms with Crippen LogP contribution in [0.15, 0.2) is 4.42 Å². The molecule has 4 nitrogen and oxygen atoms in total. The molecule has 0 radical (unpaired) electrons. The first-order valence-electron chi connectivity index (χ1n) is 3.57. The fourth-order valence-corrected chi connectivity index (χ4v) is 0.752. The number of Topliss-reactive ketones (excluding diaryl/α,β-unsaturated/α-hetero) is 1. The predicted molar refractivity (Wildman–Crippen MR) is 43.4 cm³/mol. The Hall–Kier alpha value is -0.900. The Kier molecular flexibility index (Phi) is 2.81. The lowest BCUT2D eigenvalue weighted by molar-refractivity contribution is 0.0982. The van der Waals surface area contributed by atoms with Crippen LogP contribution in [0.5, 0.6) is 0 Å². The van der Waals surface area contributed by atoms with Gasteiger partial charge in [-0.05, 0) is 0 Å². The monoisotopic (exact) mass is 188 g/mol. The van der Waals surface area contributed by atoms with Crippen molar-refractivity contribution in [3.8, 4) is 0 Å². The van der Waals surface area contributed by atoms with E-state index in [1.165, 1.54) is 0 Å². The Morgan fingerprint density at radius 2 is 2.25 bits per heavy atom. The van der Waals surface area contributed by atoms with E-state index in [0.29, 0.717) is 5.89 Å². The molecule has 0 atom stereocenters. The lowest BCUT2D eigenvalue weighted by Gasteiger charge is -1.93. The Morgan fingerprint density at radius 1 is 1.58 bits per heavy atom. The van der Waals surface area contributed by atoms with Gasteiger partial charge in [-0.25, -0.2) is 0 Å². The average Bonchev–Trinajstić information content (AvgIpc) is 2.51. The molecule has 0 aliphatic rings. The minimum atomic E-state index is -0.337. The zero-order valence-corrected chi connectivity index (χ0v) is 7.63. The first kappa shape index (κ1) is 9.19. The van der Waals surface area contributed by atoms with Gasteiger partial charge in [-0.1, -0.05) is 13.8 Å². The number of carbonyl (C=O) groups is 1. The van der Waals surface area contributed by atoms with Crippen molar-refractivity contribution in [3.05, 3.63) is 11.8 Å². The minimum absolute atomic E-state index is 0.00583. The first-order valence-corrected chi connectivity index (χ1v) is 4.11. The highest BCUT2D eigenvalue weighted by atomic mass is 35.5. The molecule has 66 valence electrons. The van der Waals surface area contributed by atoms with Crippen molar-refractivity contribution < 1.29 is 9.21 Å². The molecule has 1 rings (SSSR count). The fourth-order valence-electron chi connectivity index (χ4n) is 0.638. The molecular weight excluding hydrogens is 180 g/mol. The molecule has 5 heteroatoms. The van der Waals surface area contributed by atoms with E-state index in [9.17, 15) is 4.79 Å². The Labute approximate surface area is 74.9 Å². The zero-order chi connectivity index (χ0) is 9.14. The van der Waals surface area contributed by atoms with E-state index in [1.807, 2.05) is 13.8 Å². The number of halogens is 1. The third kappa shape index (κ3) is 1.82. The van der Waals surface area contributed by atoms with Gasteiger partial charge in [0, 0.05) is 5.92 Å². The number of alkyl halides is 1. The predicted octanol–water partition coefficient (Wildman–Crippen LogP) is 1.61. The van der Waals surface area contributed by atoms with Gasteiger partial charge >= 0.3 is 0 Å². The molecule has 0 amide bonds. The van der Waals surface area contributed by atoms with Gasteiger partial charge in [0.2, 0.25) is 11.7 Å². The van der Waals surface area contributed by atoms with E-state index in [1.54, 1.807) is 0 Å². The summed E-state index contributed by atoms with van der Waals surface area (Å²) >= 11 is 5.30. The molecule has 0 bridgehead atoms. The molecule has 0 saturated heterocycles. The molecule has 1 aromatic rings. The molecule has 0 unspecified atom stereocenters. The number of ketones is 1. The Morgan fingerprint density at radius 3 is 2.67 bits per heavy atom. The topological polar surface area (TPSA) is 56.0 Å². The quantitative estimate of drug-likeness (QED) is 0.534. The second kappa shape index (κ2) is 3.67. The highest BCUT2D eigenvalue weighted by molar-refractivity contribution is 6.29. The van der Waals surface area contributed by atoms with Gasteiger partial charge in [0.05, 0.1) is 5.88 Å². The smallest absolute Gasteiger partial charge is 0.285 e. The Balaban J connectivity index is 2.84. The van der Waals surface area contributed by atoms with Crippen LogP contribution in [-0.4, -0.2) is 21.9 Å². The van der Waals surface area contributed by atoms with Gasteiger partial charge in [-0.15, -0.1) is 21.8 Å². The second-order valence-corrected chi connectivity index (χ2v) is 2.92. The largest absolute Gasteiger partial charge is 0.418 e. The third-order valence-electron chi connectivity index (χ3n) is 1.29. The number of carbonyl (C=O) groups excluding carboxylic acids is 1. The van der Waals surface area contributed by atoms with E-state index < -0.39 is 0 Å². The van der Waals surface area contributed by atoms with Crippen LogP contribution in [0.3, 0.4) is 0 Å². The van der Waals surface area contributed by atoms with Crippen LogP contribution >= 0.6 is 11.6 Å². The van der Waals surface area contributed by atoms with Crippen molar-refractivity contribution in [1.29, 1.82) is 0 Å². The molecule has 12 heavy (non-hydrogen) atoms. The van der Waals surface area contributed by atoms with Crippen molar-refractivity contribution in [2.75, 3.05) is 5.88 Å². The van der Waals surface area contributed by atoms with Crippen molar-refractivity contribution in [1.82, 2.24) is 10.2 Å². The van der Waals surface area contributed by atoms with Gasteiger partial charge in [0.15, 0.2) is 0 Å². The molecule has 1 heterocycles. The maximum atomic E-state index is 10.9. The molecule has 0 aromatic carbocycles. The lowest BCUT2D eigenvalue weighted by Crippen LogP contribution is -1.99. The average molecular weight is 189 g/mol. The van der Waals surface area contributed by atoms with Gasteiger partial charge in [0.1, 0.15) is 0 Å². The number of rotatable bonds is 3. The fraction of sp³-hybridized carbons (Fsp3) is 0.571. The Bertz CT molecular complexity index is 283. The number of hydrogen-bond acceptors (Lipinski definition) is 4. The van der Waals surface area contributed by atoms with Gasteiger partial charge < -0.3 is 4.42 Å². The molecule has 0 fully saturated rings. The van der Waals surface area contributed by atoms with E-state index in [2.05, 4.69) is 10.2 Å². The van der Waals surface area contributed by atoms with Crippen LogP contribution in [0.4, 0.5) is 0 Å². The minimum Gasteiger partial charge on any atom is -0.418 e. The van der Waals surface area contributed by atoms with E-state index >= 15 is 0 Å². The highest BCUT2D eigenvalue weighted by Crippen LogP contribution is 2.12. The molecule has 0 aliphatic heterocycles. The number of nitrogens with zero attached hydrogens (tertiary/aromatic N) is 2. The maximum Gasteiger partial charge on any atom is 0.285 e. The van der Waals surface area contributed by atoms with Gasteiger partial charge in [-0.2, -0.15) is 0 Å². The van der Waals surface area contributed by atoms with E-state index in [4.69, 9.17) is 16.0 Å². The summed E-state index contributed by atoms with van der Waals surface area (Å²) < 4.78 is 5.04. The molecule has 0 spiro atoms. The van der Waals surface area contributed by atoms with Crippen molar-refractivity contribution in [2.24, 2.45) is 0 Å². The summed E-state index contributed by atoms with van der Waals surface area (Å²) in [6.07, 6.45) is 0. The molecular formula is C7H9ClN2O2. The number of hydrogen-bond donors (Lipinski definition) is 0. The van der Waals surface area contributed by atoms with E-state index in [-0.39, 0.29) is 23.5 Å². The summed E-state index contributed by atoms with van der Waals surface area (Å²) in [7, 11) is 0. The first-order chi connectivity index (χ1) is 5.65. The van der Waals surface area contributed by atoms with Crippen LogP contribution in [0.25, 0.3) is 0 Å². The van der Waals surface area contributed by atoms with Crippen LogP contribution in [0.2, 0.25) is 0 Å². The zero-order valence-electron chi connectivity index (χ0n) is 6.87. The highest BCUT2D eigenvalue weighted by Gasteiger charge is 2.14. The van der Waals surface area contributed by atoms with Crippen LogP contribution in [0.1, 0.15) is 36.3 Å². The summed E-state index contributed by atoms with van der Waals surface area (Å²) in [5, 5.41) is 7.25. The molecule has 0 aliphatic carbocycles. The standard InChI is InChI=1S/C7H9ClN2O2/c1-4(2)6-9-10-7(12-6)5(11)3-8/h4H,3H2,1-2H3. The summed E-state index contributed by atoms with van der Waals surface area (Å²) in [5.74, 6) is 0.127. The summed E-state index contributed by atoms with van der Waals surface area (Å²) in [5.41, 5.74) is 0. The summed E-state index contributed by atoms with van der Waals surface area (Å²) in [4.78, 5) is 10.9. The normalized spacial score (nSPS) is 10.7. The van der Waals surface area contributed by atoms with Crippen molar-refractivity contribution in [3.63, 3.8) is 0 Å². The van der Waals surface area contributed by atoms with Crippen LogP contribution in [0, 0.1) is 0 Å². The molecule has 0 saturated carbocycles. The SMILES string of the molecule is CC(C)c1nnc(C(=O)CCl)o1.